The third kappa shape index (κ3) is 3.96. The number of nitrogens with zero attached hydrogens (tertiary/aromatic N) is 1. The van der Waals surface area contributed by atoms with Crippen LogP contribution in [0, 0.1) is 0 Å². The van der Waals surface area contributed by atoms with Gasteiger partial charge in [-0.15, -0.1) is 0 Å². The molecular formula is C15H24N2O3S. The number of likely N-dealkylation sites (N-methyl/N-ethyl adjacent to an activating group) is 1. The van der Waals surface area contributed by atoms with Crippen LogP contribution in [0.1, 0.15) is 26.2 Å². The number of piperidine rings is 1. The van der Waals surface area contributed by atoms with Gasteiger partial charge < -0.3 is 10.1 Å². The standard InChI is InChI=1S/C15H24N2O3S/c1-3-11-20-14-6-8-15(9-7-14)21(18,19)17(2)13-5-4-10-16-12-13/h6-9,13,16H,3-5,10-12H2,1-2H3. The van der Waals surface area contributed by atoms with E-state index in [-0.39, 0.29) is 6.04 Å². The van der Waals surface area contributed by atoms with Gasteiger partial charge in [-0.05, 0) is 50.1 Å². The van der Waals surface area contributed by atoms with E-state index < -0.39 is 10.0 Å². The Hall–Kier alpha value is -1.11. The first-order valence-electron chi connectivity index (χ1n) is 7.47. The highest BCUT2D eigenvalue weighted by Gasteiger charge is 2.28. The van der Waals surface area contributed by atoms with E-state index in [0.717, 1.165) is 25.8 Å². The maximum absolute atomic E-state index is 12.6. The van der Waals surface area contributed by atoms with Gasteiger partial charge in [-0.2, -0.15) is 4.31 Å². The highest BCUT2D eigenvalue weighted by atomic mass is 32.2. The predicted octanol–water partition coefficient (Wildman–Crippen LogP) is 1.85. The molecule has 1 aromatic carbocycles. The summed E-state index contributed by atoms with van der Waals surface area (Å²) in [4.78, 5) is 0.319. The van der Waals surface area contributed by atoms with E-state index in [1.807, 2.05) is 6.92 Å². The van der Waals surface area contributed by atoms with Gasteiger partial charge in [0.05, 0.1) is 11.5 Å². The van der Waals surface area contributed by atoms with Gasteiger partial charge in [-0.25, -0.2) is 8.42 Å². The van der Waals surface area contributed by atoms with Crippen LogP contribution in [0.25, 0.3) is 0 Å². The molecule has 1 atom stereocenters. The lowest BCUT2D eigenvalue weighted by molar-refractivity contribution is 0.300. The second-order valence-electron chi connectivity index (χ2n) is 5.34. The van der Waals surface area contributed by atoms with Gasteiger partial charge >= 0.3 is 0 Å². The van der Waals surface area contributed by atoms with Gasteiger partial charge in [0.25, 0.3) is 0 Å². The lowest BCUT2D eigenvalue weighted by Gasteiger charge is -2.30. The number of benzene rings is 1. The molecule has 118 valence electrons. The van der Waals surface area contributed by atoms with Crippen molar-refractivity contribution in [3.05, 3.63) is 24.3 Å². The lowest BCUT2D eigenvalue weighted by Crippen LogP contribution is -2.46. The van der Waals surface area contributed by atoms with Gasteiger partial charge in [0.2, 0.25) is 10.0 Å². The quantitative estimate of drug-likeness (QED) is 0.871. The van der Waals surface area contributed by atoms with E-state index in [0.29, 0.717) is 23.8 Å². The van der Waals surface area contributed by atoms with Crippen LogP contribution in [0.3, 0.4) is 0 Å². The summed E-state index contributed by atoms with van der Waals surface area (Å²) in [5, 5.41) is 3.25. The summed E-state index contributed by atoms with van der Waals surface area (Å²) in [5.41, 5.74) is 0. The molecule has 0 amide bonds. The summed E-state index contributed by atoms with van der Waals surface area (Å²) in [6.07, 6.45) is 2.84. The first-order chi connectivity index (χ1) is 10.1. The topological polar surface area (TPSA) is 58.6 Å². The molecule has 1 aliphatic heterocycles. The maximum atomic E-state index is 12.6. The van der Waals surface area contributed by atoms with Crippen LogP contribution in [0.5, 0.6) is 5.75 Å². The van der Waals surface area contributed by atoms with E-state index in [9.17, 15) is 8.42 Å². The molecule has 5 nitrogen and oxygen atoms in total. The van der Waals surface area contributed by atoms with Crippen molar-refractivity contribution in [1.82, 2.24) is 9.62 Å². The van der Waals surface area contributed by atoms with Crippen molar-refractivity contribution in [3.8, 4) is 5.75 Å². The van der Waals surface area contributed by atoms with E-state index in [2.05, 4.69) is 5.32 Å². The number of hydrogen-bond acceptors (Lipinski definition) is 4. The number of nitrogens with one attached hydrogen (secondary N) is 1. The van der Waals surface area contributed by atoms with Crippen LogP contribution in [0.2, 0.25) is 0 Å². The Kier molecular flexibility index (Phi) is 5.61. The van der Waals surface area contributed by atoms with Crippen molar-refractivity contribution < 1.29 is 13.2 Å². The average molecular weight is 312 g/mol. The summed E-state index contributed by atoms with van der Waals surface area (Å²) in [6.45, 7) is 4.35. The van der Waals surface area contributed by atoms with Crippen LogP contribution in [-0.4, -0.2) is 45.5 Å². The number of rotatable bonds is 6. The van der Waals surface area contributed by atoms with Crippen LogP contribution < -0.4 is 10.1 Å². The highest BCUT2D eigenvalue weighted by Crippen LogP contribution is 2.22. The molecule has 6 heteroatoms. The van der Waals surface area contributed by atoms with E-state index in [1.54, 1.807) is 31.3 Å². The molecule has 21 heavy (non-hydrogen) atoms. The minimum Gasteiger partial charge on any atom is -0.494 e. The Morgan fingerprint density at radius 1 is 1.33 bits per heavy atom. The Bertz CT molecular complexity index is 537. The molecule has 1 unspecified atom stereocenters. The minimum absolute atomic E-state index is 0.0276. The Morgan fingerprint density at radius 2 is 2.05 bits per heavy atom. The molecule has 0 spiro atoms. The maximum Gasteiger partial charge on any atom is 0.243 e. The van der Waals surface area contributed by atoms with E-state index in [1.165, 1.54) is 4.31 Å². The predicted molar refractivity (Wildman–Crippen MR) is 83.1 cm³/mol. The summed E-state index contributed by atoms with van der Waals surface area (Å²) >= 11 is 0. The summed E-state index contributed by atoms with van der Waals surface area (Å²) < 4.78 is 32.2. The second kappa shape index (κ2) is 7.24. The van der Waals surface area contributed by atoms with Crippen molar-refractivity contribution in [2.45, 2.75) is 37.1 Å². The normalized spacial score (nSPS) is 19.7. The van der Waals surface area contributed by atoms with Gasteiger partial charge in [0.15, 0.2) is 0 Å². The Balaban J connectivity index is 2.10. The molecule has 1 saturated heterocycles. The van der Waals surface area contributed by atoms with Crippen molar-refractivity contribution in [1.29, 1.82) is 0 Å². The number of hydrogen-bond donors (Lipinski definition) is 1. The molecule has 0 saturated carbocycles. The van der Waals surface area contributed by atoms with E-state index in [4.69, 9.17) is 4.74 Å². The first-order valence-corrected chi connectivity index (χ1v) is 8.91. The van der Waals surface area contributed by atoms with Crippen LogP contribution in [0.15, 0.2) is 29.2 Å². The van der Waals surface area contributed by atoms with Crippen molar-refractivity contribution in [3.63, 3.8) is 0 Å². The molecule has 1 aromatic rings. The third-order valence-corrected chi connectivity index (χ3v) is 5.68. The molecule has 1 aliphatic rings. The van der Waals surface area contributed by atoms with Crippen LogP contribution in [0.4, 0.5) is 0 Å². The Labute approximate surface area is 127 Å². The second-order valence-corrected chi connectivity index (χ2v) is 7.34. The smallest absolute Gasteiger partial charge is 0.243 e. The fourth-order valence-corrected chi connectivity index (χ4v) is 3.82. The lowest BCUT2D eigenvalue weighted by atomic mass is 10.1. The fourth-order valence-electron chi connectivity index (χ4n) is 2.43. The summed E-state index contributed by atoms with van der Waals surface area (Å²) in [5.74, 6) is 0.706. The van der Waals surface area contributed by atoms with Crippen LogP contribution in [-0.2, 0) is 10.0 Å². The fraction of sp³-hybridized carbons (Fsp3) is 0.600. The summed E-state index contributed by atoms with van der Waals surface area (Å²) in [6, 6.07) is 6.70. The zero-order valence-electron chi connectivity index (χ0n) is 12.7. The monoisotopic (exact) mass is 312 g/mol. The Morgan fingerprint density at radius 3 is 2.62 bits per heavy atom. The molecule has 1 heterocycles. The number of sulfonamides is 1. The zero-order chi connectivity index (χ0) is 15.3. The van der Waals surface area contributed by atoms with Gasteiger partial charge in [-0.1, -0.05) is 6.92 Å². The largest absolute Gasteiger partial charge is 0.494 e. The minimum atomic E-state index is -3.44. The van der Waals surface area contributed by atoms with Gasteiger partial charge in [-0.3, -0.25) is 0 Å². The van der Waals surface area contributed by atoms with E-state index >= 15 is 0 Å². The average Bonchev–Trinajstić information content (AvgIpc) is 2.53. The SMILES string of the molecule is CCCOc1ccc(S(=O)(=O)N(C)C2CCCNC2)cc1. The first kappa shape index (κ1) is 16.3. The van der Waals surface area contributed by atoms with Gasteiger partial charge in [0.1, 0.15) is 5.75 Å². The van der Waals surface area contributed by atoms with Crippen LogP contribution >= 0.6 is 0 Å². The van der Waals surface area contributed by atoms with Crippen molar-refractivity contribution in [2.75, 3.05) is 26.7 Å². The molecule has 1 fully saturated rings. The zero-order valence-corrected chi connectivity index (χ0v) is 13.5. The molecule has 0 aliphatic carbocycles. The summed E-state index contributed by atoms with van der Waals surface area (Å²) in [7, 11) is -1.78. The molecule has 0 bridgehead atoms. The molecule has 0 radical (unpaired) electrons. The third-order valence-electron chi connectivity index (χ3n) is 3.76. The number of ether oxygens (including phenoxy) is 1. The molecular weight excluding hydrogens is 288 g/mol. The van der Waals surface area contributed by atoms with Crippen molar-refractivity contribution in [2.24, 2.45) is 0 Å². The molecule has 2 rings (SSSR count). The molecule has 1 N–H and O–H groups in total. The van der Waals surface area contributed by atoms with Gasteiger partial charge in [0, 0.05) is 19.6 Å². The molecule has 0 aromatic heterocycles. The van der Waals surface area contributed by atoms with Crippen molar-refractivity contribution >= 4 is 10.0 Å². The highest BCUT2D eigenvalue weighted by molar-refractivity contribution is 7.89.